The summed E-state index contributed by atoms with van der Waals surface area (Å²) in [5.74, 6) is 1.32. The number of benzene rings is 1. The zero-order valence-electron chi connectivity index (χ0n) is 12.8. The van der Waals surface area contributed by atoms with E-state index in [1.54, 1.807) is 12.1 Å². The number of nitrogens with zero attached hydrogens (tertiary/aromatic N) is 3. The van der Waals surface area contributed by atoms with Gasteiger partial charge in [0, 0.05) is 43.9 Å². The molecule has 6 nitrogen and oxygen atoms in total. The number of hydrogen-bond donors (Lipinski definition) is 0. The van der Waals surface area contributed by atoms with Crippen LogP contribution in [0, 0.1) is 10.1 Å². The van der Waals surface area contributed by atoms with Crippen molar-refractivity contribution in [1.82, 2.24) is 9.80 Å². The summed E-state index contributed by atoms with van der Waals surface area (Å²) in [5, 5.41) is 10.7. The third-order valence-electron chi connectivity index (χ3n) is 3.97. The summed E-state index contributed by atoms with van der Waals surface area (Å²) in [6.45, 7) is 3.75. The molecule has 1 aromatic heterocycles. The second-order valence-electron chi connectivity index (χ2n) is 5.56. The Balaban J connectivity index is 1.74. The van der Waals surface area contributed by atoms with E-state index < -0.39 is 4.92 Å². The number of likely N-dealkylation sites (N-methyl/N-ethyl adjacent to an activating group) is 1. The van der Waals surface area contributed by atoms with Crippen molar-refractivity contribution in [2.75, 3.05) is 33.2 Å². The smallest absolute Gasteiger partial charge is 0.269 e. The molecule has 0 spiro atoms. The Kier molecular flexibility index (Phi) is 4.40. The van der Waals surface area contributed by atoms with Crippen molar-refractivity contribution >= 4 is 22.9 Å². The number of hydrogen-bond acceptors (Lipinski definition) is 5. The first kappa shape index (κ1) is 15.6. The number of non-ortho nitro benzene ring substituents is 1. The number of piperazine rings is 1. The summed E-state index contributed by atoms with van der Waals surface area (Å²) in [6.07, 6.45) is 0. The van der Waals surface area contributed by atoms with Crippen molar-refractivity contribution in [2.24, 2.45) is 0 Å². The topological polar surface area (TPSA) is 62.8 Å². The van der Waals surface area contributed by atoms with Gasteiger partial charge in [-0.05, 0) is 31.3 Å². The number of thiocarbonyl (C=S) groups is 1. The molecule has 0 amide bonds. The van der Waals surface area contributed by atoms with Crippen molar-refractivity contribution in [2.45, 2.75) is 0 Å². The lowest BCUT2D eigenvalue weighted by molar-refractivity contribution is -0.384. The van der Waals surface area contributed by atoms with E-state index in [-0.39, 0.29) is 5.69 Å². The lowest BCUT2D eigenvalue weighted by atomic mass is 10.1. The van der Waals surface area contributed by atoms with Crippen LogP contribution in [0.15, 0.2) is 40.8 Å². The molecule has 0 radical (unpaired) electrons. The molecule has 0 unspecified atom stereocenters. The maximum atomic E-state index is 10.7. The molecule has 0 bridgehead atoms. The monoisotopic (exact) mass is 331 g/mol. The van der Waals surface area contributed by atoms with Crippen molar-refractivity contribution in [1.29, 1.82) is 0 Å². The fourth-order valence-corrected chi connectivity index (χ4v) is 2.81. The summed E-state index contributed by atoms with van der Waals surface area (Å²) in [4.78, 5) is 15.4. The average molecular weight is 331 g/mol. The third kappa shape index (κ3) is 3.40. The van der Waals surface area contributed by atoms with Gasteiger partial charge in [-0.15, -0.1) is 0 Å². The van der Waals surface area contributed by atoms with Crippen LogP contribution in [0.4, 0.5) is 5.69 Å². The molecule has 0 atom stereocenters. The normalized spacial score (nSPS) is 15.6. The first-order valence-electron chi connectivity index (χ1n) is 7.37. The van der Waals surface area contributed by atoms with E-state index in [4.69, 9.17) is 16.6 Å². The number of furan rings is 1. The van der Waals surface area contributed by atoms with Crippen LogP contribution in [-0.4, -0.2) is 52.9 Å². The van der Waals surface area contributed by atoms with Crippen molar-refractivity contribution < 1.29 is 9.34 Å². The Morgan fingerprint density at radius 2 is 1.78 bits per heavy atom. The highest BCUT2D eigenvalue weighted by atomic mass is 32.1. The van der Waals surface area contributed by atoms with Gasteiger partial charge >= 0.3 is 0 Å². The van der Waals surface area contributed by atoms with Crippen molar-refractivity contribution in [3.05, 3.63) is 52.3 Å². The van der Waals surface area contributed by atoms with Gasteiger partial charge in [-0.2, -0.15) is 0 Å². The summed E-state index contributed by atoms with van der Waals surface area (Å²) in [6, 6.07) is 10.0. The van der Waals surface area contributed by atoms with Gasteiger partial charge in [0.05, 0.1) is 4.92 Å². The first-order chi connectivity index (χ1) is 11.0. The van der Waals surface area contributed by atoms with E-state index >= 15 is 0 Å². The minimum absolute atomic E-state index is 0.0634. The fourth-order valence-electron chi connectivity index (χ4n) is 2.52. The molecule has 23 heavy (non-hydrogen) atoms. The van der Waals surface area contributed by atoms with Crippen LogP contribution in [0.1, 0.15) is 5.76 Å². The minimum Gasteiger partial charge on any atom is -0.454 e. The lowest BCUT2D eigenvalue weighted by Crippen LogP contribution is -2.46. The van der Waals surface area contributed by atoms with Crippen LogP contribution in [0.2, 0.25) is 0 Å². The minimum atomic E-state index is -0.417. The molecular formula is C16H17N3O3S. The Labute approximate surface area is 139 Å². The molecule has 0 saturated carbocycles. The van der Waals surface area contributed by atoms with E-state index in [1.165, 1.54) is 12.1 Å². The van der Waals surface area contributed by atoms with Crippen LogP contribution < -0.4 is 0 Å². The molecule has 120 valence electrons. The molecule has 3 rings (SSSR count). The van der Waals surface area contributed by atoms with Gasteiger partial charge in [0.15, 0.2) is 5.76 Å². The SMILES string of the molecule is CN1CCN(C(=S)c2ccc(-c3ccc([N+](=O)[O-])cc3)o2)CC1. The zero-order valence-corrected chi connectivity index (χ0v) is 13.6. The predicted octanol–water partition coefficient (Wildman–Crippen LogP) is 2.78. The van der Waals surface area contributed by atoms with Crippen LogP contribution in [0.3, 0.4) is 0 Å². The number of nitro groups is 1. The highest BCUT2D eigenvalue weighted by Gasteiger charge is 2.20. The Hall–Kier alpha value is -2.25. The highest BCUT2D eigenvalue weighted by Crippen LogP contribution is 2.25. The molecule has 1 saturated heterocycles. The van der Waals surface area contributed by atoms with E-state index in [2.05, 4.69) is 16.8 Å². The molecule has 7 heteroatoms. The Morgan fingerprint density at radius 1 is 1.13 bits per heavy atom. The summed E-state index contributed by atoms with van der Waals surface area (Å²) in [7, 11) is 2.10. The second kappa shape index (κ2) is 6.47. The molecule has 0 N–H and O–H groups in total. The standard InChI is InChI=1S/C16H17N3O3S/c1-17-8-10-18(11-9-17)16(23)15-7-6-14(22-15)12-2-4-13(5-3-12)19(20)21/h2-7H,8-11H2,1H3. The molecule has 0 aliphatic carbocycles. The third-order valence-corrected chi connectivity index (χ3v) is 4.43. The second-order valence-corrected chi connectivity index (χ2v) is 5.95. The maximum absolute atomic E-state index is 10.7. The number of nitro benzene ring substituents is 1. The van der Waals surface area contributed by atoms with Gasteiger partial charge in [-0.25, -0.2) is 0 Å². The first-order valence-corrected chi connectivity index (χ1v) is 7.78. The maximum Gasteiger partial charge on any atom is 0.269 e. The quantitative estimate of drug-likeness (QED) is 0.490. The van der Waals surface area contributed by atoms with Gasteiger partial charge in [-0.3, -0.25) is 10.1 Å². The van der Waals surface area contributed by atoms with E-state index in [1.807, 2.05) is 12.1 Å². The van der Waals surface area contributed by atoms with Crippen LogP contribution in [0.25, 0.3) is 11.3 Å². The van der Waals surface area contributed by atoms with Gasteiger partial charge < -0.3 is 14.2 Å². The van der Waals surface area contributed by atoms with Crippen LogP contribution >= 0.6 is 12.2 Å². The predicted molar refractivity (Wildman–Crippen MR) is 91.6 cm³/mol. The molecule has 1 aliphatic heterocycles. The van der Waals surface area contributed by atoms with Gasteiger partial charge in [0.25, 0.3) is 5.69 Å². The highest BCUT2D eigenvalue weighted by molar-refractivity contribution is 7.80. The van der Waals surface area contributed by atoms with Crippen molar-refractivity contribution in [3.63, 3.8) is 0 Å². The lowest BCUT2D eigenvalue weighted by Gasteiger charge is -2.33. The Bertz CT molecular complexity index is 718. The van der Waals surface area contributed by atoms with E-state index in [9.17, 15) is 10.1 Å². The zero-order chi connectivity index (χ0) is 16.4. The van der Waals surface area contributed by atoms with Gasteiger partial charge in [0.2, 0.25) is 0 Å². The fraction of sp³-hybridized carbons (Fsp3) is 0.312. The summed E-state index contributed by atoms with van der Waals surface area (Å²) >= 11 is 5.52. The van der Waals surface area contributed by atoms with E-state index in [0.717, 1.165) is 31.7 Å². The molecule has 1 aliphatic rings. The molecule has 1 aromatic carbocycles. The largest absolute Gasteiger partial charge is 0.454 e. The molecule has 1 fully saturated rings. The summed E-state index contributed by atoms with van der Waals surface area (Å²) in [5.41, 5.74) is 0.858. The molecule has 2 heterocycles. The number of rotatable bonds is 3. The van der Waals surface area contributed by atoms with Crippen molar-refractivity contribution in [3.8, 4) is 11.3 Å². The molecular weight excluding hydrogens is 314 g/mol. The van der Waals surface area contributed by atoms with Gasteiger partial charge in [-0.1, -0.05) is 12.2 Å². The summed E-state index contributed by atoms with van der Waals surface area (Å²) < 4.78 is 5.85. The molecule has 2 aromatic rings. The Morgan fingerprint density at radius 3 is 2.39 bits per heavy atom. The van der Waals surface area contributed by atoms with E-state index in [0.29, 0.717) is 16.5 Å². The van der Waals surface area contributed by atoms with Gasteiger partial charge in [0.1, 0.15) is 10.7 Å². The van der Waals surface area contributed by atoms with Crippen LogP contribution in [0.5, 0.6) is 0 Å². The van der Waals surface area contributed by atoms with Crippen LogP contribution in [-0.2, 0) is 0 Å². The average Bonchev–Trinajstić information content (AvgIpc) is 3.05.